The molecule has 2 heterocycles. The van der Waals surface area contributed by atoms with Crippen LogP contribution in [-0.4, -0.2) is 56.7 Å². The number of carbonyl (C=O) groups excluding carboxylic acids is 1. The summed E-state index contributed by atoms with van der Waals surface area (Å²) in [6.07, 6.45) is 2.34. The average Bonchev–Trinajstić information content (AvgIpc) is 3.00. The molecule has 0 unspecified atom stereocenters. The first-order valence-corrected chi connectivity index (χ1v) is 8.67. The van der Waals surface area contributed by atoms with E-state index in [0.29, 0.717) is 35.5 Å². The van der Waals surface area contributed by atoms with Gasteiger partial charge >= 0.3 is 0 Å². The molecule has 0 aliphatic carbocycles. The Hall–Kier alpha value is -1.46. The number of rotatable bonds is 4. The highest BCUT2D eigenvalue weighted by molar-refractivity contribution is 6.31. The number of carbonyl (C=O) groups is 1. The third-order valence-electron chi connectivity index (χ3n) is 4.77. The van der Waals surface area contributed by atoms with Crippen LogP contribution < -0.4 is 15.0 Å². The summed E-state index contributed by atoms with van der Waals surface area (Å²) in [6, 6.07) is 3.98. The van der Waals surface area contributed by atoms with Crippen molar-refractivity contribution < 1.29 is 9.53 Å². The number of likely N-dealkylation sites (N-methyl/N-ethyl adjacent to an activating group) is 2. The molecule has 1 aromatic carbocycles. The molecule has 2 aliphatic heterocycles. The van der Waals surface area contributed by atoms with Gasteiger partial charge in [0.25, 0.3) is 5.91 Å². The van der Waals surface area contributed by atoms with Gasteiger partial charge in [-0.15, -0.1) is 0 Å². The Bertz CT molecular complexity index is 593. The summed E-state index contributed by atoms with van der Waals surface area (Å²) in [4.78, 5) is 17.1. The summed E-state index contributed by atoms with van der Waals surface area (Å²) >= 11 is 6.19. The zero-order valence-corrected chi connectivity index (χ0v) is 14.5. The third kappa shape index (κ3) is 3.40. The molecular formula is C17H24ClN3O2. The average molecular weight is 338 g/mol. The second-order valence-electron chi connectivity index (χ2n) is 6.21. The van der Waals surface area contributed by atoms with Gasteiger partial charge in [0.1, 0.15) is 6.61 Å². The van der Waals surface area contributed by atoms with Crippen molar-refractivity contribution in [2.75, 3.05) is 44.7 Å². The summed E-state index contributed by atoms with van der Waals surface area (Å²) in [5, 5.41) is 3.62. The molecule has 2 aliphatic rings. The van der Waals surface area contributed by atoms with Gasteiger partial charge in [0.2, 0.25) is 0 Å². The number of likely N-dealkylation sites (tertiary alicyclic amines) is 1. The van der Waals surface area contributed by atoms with Gasteiger partial charge in [-0.25, -0.2) is 0 Å². The largest absolute Gasteiger partial charge is 0.489 e. The van der Waals surface area contributed by atoms with Crippen molar-refractivity contribution in [1.82, 2.24) is 10.2 Å². The number of anilines is 1. The summed E-state index contributed by atoms with van der Waals surface area (Å²) < 4.78 is 5.74. The van der Waals surface area contributed by atoms with Crippen LogP contribution in [0, 0.1) is 0 Å². The number of nitrogens with zero attached hydrogens (tertiary/aromatic N) is 2. The first-order valence-electron chi connectivity index (χ1n) is 8.30. The standard InChI is InChI=1S/C17H24ClN3O2/c1-3-21-6-4-5-13(21)11-19-17(22)14-9-12(18)10-15-16(14)23-8-7-20(15)2/h9-10,13H,3-8,11H2,1-2H3,(H,19,22)/t13-/m0/s1. The highest BCUT2D eigenvalue weighted by Gasteiger charge is 2.26. The quantitative estimate of drug-likeness (QED) is 0.916. The zero-order valence-electron chi connectivity index (χ0n) is 13.8. The molecule has 1 atom stereocenters. The van der Waals surface area contributed by atoms with Crippen LogP contribution in [0.5, 0.6) is 5.75 Å². The van der Waals surface area contributed by atoms with Crippen LogP contribution in [-0.2, 0) is 0 Å². The number of ether oxygens (including phenoxy) is 1. The topological polar surface area (TPSA) is 44.8 Å². The van der Waals surface area contributed by atoms with Crippen LogP contribution in [0.25, 0.3) is 0 Å². The minimum absolute atomic E-state index is 0.109. The molecule has 0 spiro atoms. The Morgan fingerprint density at radius 1 is 1.43 bits per heavy atom. The first kappa shape index (κ1) is 16.4. The first-order chi connectivity index (χ1) is 11.1. The Balaban J connectivity index is 1.75. The molecule has 126 valence electrons. The van der Waals surface area contributed by atoms with E-state index in [1.165, 1.54) is 6.42 Å². The zero-order chi connectivity index (χ0) is 16.4. The maximum atomic E-state index is 12.6. The molecule has 0 saturated carbocycles. The van der Waals surface area contributed by atoms with E-state index in [1.54, 1.807) is 6.07 Å². The predicted molar refractivity (Wildman–Crippen MR) is 92.8 cm³/mol. The minimum Gasteiger partial charge on any atom is -0.489 e. The highest BCUT2D eigenvalue weighted by atomic mass is 35.5. The Morgan fingerprint density at radius 2 is 2.26 bits per heavy atom. The highest BCUT2D eigenvalue weighted by Crippen LogP contribution is 2.37. The number of hydrogen-bond donors (Lipinski definition) is 1. The van der Waals surface area contributed by atoms with Gasteiger partial charge in [0, 0.05) is 24.7 Å². The normalized spacial score (nSPS) is 21.0. The second-order valence-corrected chi connectivity index (χ2v) is 6.64. The van der Waals surface area contributed by atoms with Crippen LogP contribution >= 0.6 is 11.6 Å². The van der Waals surface area contributed by atoms with Gasteiger partial charge in [0.05, 0.1) is 17.8 Å². The van der Waals surface area contributed by atoms with Crippen LogP contribution in [0.15, 0.2) is 12.1 Å². The van der Waals surface area contributed by atoms with Crippen molar-refractivity contribution in [3.8, 4) is 5.75 Å². The minimum atomic E-state index is -0.109. The number of amides is 1. The van der Waals surface area contributed by atoms with Crippen LogP contribution in [0.2, 0.25) is 5.02 Å². The summed E-state index contributed by atoms with van der Waals surface area (Å²) in [6.45, 7) is 6.36. The van der Waals surface area contributed by atoms with E-state index in [4.69, 9.17) is 16.3 Å². The van der Waals surface area contributed by atoms with E-state index >= 15 is 0 Å². The molecule has 1 aromatic rings. The molecule has 0 aromatic heterocycles. The lowest BCUT2D eigenvalue weighted by Gasteiger charge is -2.29. The molecule has 23 heavy (non-hydrogen) atoms. The maximum absolute atomic E-state index is 12.6. The SMILES string of the molecule is CCN1CCC[C@H]1CNC(=O)c1cc(Cl)cc2c1OCCN2C. The van der Waals surface area contributed by atoms with Gasteiger partial charge in [0.15, 0.2) is 5.75 Å². The lowest BCUT2D eigenvalue weighted by Crippen LogP contribution is -2.40. The van der Waals surface area contributed by atoms with E-state index < -0.39 is 0 Å². The van der Waals surface area contributed by atoms with E-state index in [0.717, 1.165) is 31.7 Å². The van der Waals surface area contributed by atoms with Gasteiger partial charge in [-0.1, -0.05) is 18.5 Å². The maximum Gasteiger partial charge on any atom is 0.255 e. The van der Waals surface area contributed by atoms with E-state index in [1.807, 2.05) is 13.1 Å². The molecule has 3 rings (SSSR count). The van der Waals surface area contributed by atoms with E-state index in [-0.39, 0.29) is 5.91 Å². The van der Waals surface area contributed by atoms with Crippen LogP contribution in [0.4, 0.5) is 5.69 Å². The summed E-state index contributed by atoms with van der Waals surface area (Å²) in [5.41, 5.74) is 1.41. The summed E-state index contributed by atoms with van der Waals surface area (Å²) in [7, 11) is 1.98. The lowest BCUT2D eigenvalue weighted by atomic mass is 10.1. The van der Waals surface area contributed by atoms with Crippen molar-refractivity contribution in [3.05, 3.63) is 22.7 Å². The fraction of sp³-hybridized carbons (Fsp3) is 0.588. The molecule has 1 saturated heterocycles. The van der Waals surface area contributed by atoms with Crippen molar-refractivity contribution in [2.45, 2.75) is 25.8 Å². The third-order valence-corrected chi connectivity index (χ3v) is 4.98. The molecular weight excluding hydrogens is 314 g/mol. The van der Waals surface area contributed by atoms with E-state index in [2.05, 4.69) is 22.0 Å². The van der Waals surface area contributed by atoms with Crippen molar-refractivity contribution in [3.63, 3.8) is 0 Å². The Labute approximate surface area is 142 Å². The summed E-state index contributed by atoms with van der Waals surface area (Å²) in [5.74, 6) is 0.529. The van der Waals surface area contributed by atoms with Crippen molar-refractivity contribution >= 4 is 23.2 Å². The number of fused-ring (bicyclic) bond motifs is 1. The molecule has 1 amide bonds. The molecule has 5 nitrogen and oxygen atoms in total. The fourth-order valence-corrected chi connectivity index (χ4v) is 3.65. The fourth-order valence-electron chi connectivity index (χ4n) is 3.44. The molecule has 0 radical (unpaired) electrons. The molecule has 1 fully saturated rings. The van der Waals surface area contributed by atoms with Gasteiger partial charge in [-0.2, -0.15) is 0 Å². The molecule has 6 heteroatoms. The molecule has 1 N–H and O–H groups in total. The number of benzene rings is 1. The Morgan fingerprint density at radius 3 is 3.04 bits per heavy atom. The van der Waals surface area contributed by atoms with Crippen LogP contribution in [0.1, 0.15) is 30.1 Å². The molecule has 0 bridgehead atoms. The van der Waals surface area contributed by atoms with Crippen molar-refractivity contribution in [2.24, 2.45) is 0 Å². The van der Waals surface area contributed by atoms with E-state index in [9.17, 15) is 4.79 Å². The van der Waals surface area contributed by atoms with Crippen molar-refractivity contribution in [1.29, 1.82) is 0 Å². The second kappa shape index (κ2) is 6.97. The van der Waals surface area contributed by atoms with Gasteiger partial charge in [-0.3, -0.25) is 9.69 Å². The van der Waals surface area contributed by atoms with Crippen LogP contribution in [0.3, 0.4) is 0 Å². The number of nitrogens with one attached hydrogen (secondary N) is 1. The Kier molecular flexibility index (Phi) is 4.97. The lowest BCUT2D eigenvalue weighted by molar-refractivity contribution is 0.0937. The van der Waals surface area contributed by atoms with Gasteiger partial charge < -0.3 is 15.0 Å². The smallest absolute Gasteiger partial charge is 0.255 e. The number of hydrogen-bond acceptors (Lipinski definition) is 4. The predicted octanol–water partition coefficient (Wildman–Crippen LogP) is 2.38. The van der Waals surface area contributed by atoms with Gasteiger partial charge in [-0.05, 0) is 38.1 Å². The number of halogens is 1. The monoisotopic (exact) mass is 337 g/mol.